The number of halogens is 3. The van der Waals surface area contributed by atoms with Crippen LogP contribution in [0.2, 0.25) is 15.1 Å². The first-order chi connectivity index (χ1) is 16.3. The number of nitriles is 1. The van der Waals surface area contributed by atoms with E-state index in [2.05, 4.69) is 10.3 Å². The number of thiazole rings is 1. The molecule has 0 unspecified atom stereocenters. The van der Waals surface area contributed by atoms with Crippen molar-refractivity contribution in [3.05, 3.63) is 97.1 Å². The average Bonchev–Trinajstić information content (AvgIpc) is 3.46. The normalized spacial score (nSPS) is 11.3. The van der Waals surface area contributed by atoms with Gasteiger partial charge in [-0.1, -0.05) is 53.0 Å². The predicted molar refractivity (Wildman–Crippen MR) is 137 cm³/mol. The molecule has 5 nitrogen and oxygen atoms in total. The summed E-state index contributed by atoms with van der Waals surface area (Å²) in [6, 6.07) is 16.3. The molecular weight excluding hydrogens is 513 g/mol. The van der Waals surface area contributed by atoms with E-state index in [1.807, 2.05) is 31.2 Å². The first kappa shape index (κ1) is 24.1. The van der Waals surface area contributed by atoms with Gasteiger partial charge in [0.05, 0.1) is 10.0 Å². The lowest BCUT2D eigenvalue weighted by atomic mass is 10.1. The van der Waals surface area contributed by atoms with Crippen molar-refractivity contribution in [3.8, 4) is 17.4 Å². The highest BCUT2D eigenvalue weighted by Gasteiger charge is 2.15. The zero-order valence-electron chi connectivity index (χ0n) is 17.7. The van der Waals surface area contributed by atoms with Crippen molar-refractivity contribution in [1.29, 1.82) is 5.26 Å². The van der Waals surface area contributed by atoms with Crippen LogP contribution in [0.1, 0.15) is 21.8 Å². The minimum absolute atomic E-state index is 0.125. The number of amides is 1. The fourth-order valence-electron chi connectivity index (χ4n) is 3.12. The van der Waals surface area contributed by atoms with Crippen LogP contribution in [0.15, 0.2) is 64.7 Å². The molecule has 1 N–H and O–H groups in total. The molecule has 2 aromatic carbocycles. The molecule has 34 heavy (non-hydrogen) atoms. The van der Waals surface area contributed by atoms with Gasteiger partial charge >= 0.3 is 0 Å². The van der Waals surface area contributed by atoms with Crippen molar-refractivity contribution in [2.45, 2.75) is 13.3 Å². The Kier molecular flexibility index (Phi) is 7.40. The van der Waals surface area contributed by atoms with E-state index in [9.17, 15) is 10.1 Å². The number of anilines is 1. The Bertz CT molecular complexity index is 1450. The van der Waals surface area contributed by atoms with E-state index in [0.717, 1.165) is 16.0 Å². The van der Waals surface area contributed by atoms with Gasteiger partial charge in [-0.3, -0.25) is 10.1 Å². The second kappa shape index (κ2) is 10.5. The molecule has 0 saturated carbocycles. The molecular formula is C25H16Cl3N3O2S. The second-order valence-corrected chi connectivity index (χ2v) is 9.63. The molecule has 0 fully saturated rings. The molecule has 0 saturated heterocycles. The highest BCUT2D eigenvalue weighted by atomic mass is 35.5. The summed E-state index contributed by atoms with van der Waals surface area (Å²) in [5.74, 6) is 0.214. The van der Waals surface area contributed by atoms with Crippen LogP contribution in [0.3, 0.4) is 0 Å². The van der Waals surface area contributed by atoms with Gasteiger partial charge in [0, 0.05) is 34.2 Å². The predicted octanol–water partition coefficient (Wildman–Crippen LogP) is 7.81. The third-order valence-electron chi connectivity index (χ3n) is 4.88. The SMILES string of the molecule is Cc1ccc(Cc2cnc(NC(=O)C(C#N)=Cc3ccc(-c4cccc(Cl)c4Cl)o3)s2)cc1Cl. The van der Waals surface area contributed by atoms with Gasteiger partial charge in [0.2, 0.25) is 0 Å². The largest absolute Gasteiger partial charge is 0.457 e. The fraction of sp³-hybridized carbons (Fsp3) is 0.0800. The van der Waals surface area contributed by atoms with Crippen LogP contribution in [0.4, 0.5) is 5.13 Å². The van der Waals surface area contributed by atoms with Crippen LogP contribution in [0.25, 0.3) is 17.4 Å². The van der Waals surface area contributed by atoms with Crippen molar-refractivity contribution in [1.82, 2.24) is 4.98 Å². The maximum absolute atomic E-state index is 12.6. The molecule has 0 radical (unpaired) electrons. The fourth-order valence-corrected chi connectivity index (χ4v) is 4.56. The van der Waals surface area contributed by atoms with E-state index >= 15 is 0 Å². The first-order valence-corrected chi connectivity index (χ1v) is 12.0. The number of hydrogen-bond donors (Lipinski definition) is 1. The van der Waals surface area contributed by atoms with Gasteiger partial charge in [0.25, 0.3) is 5.91 Å². The Labute approximate surface area is 215 Å². The van der Waals surface area contributed by atoms with E-state index in [1.165, 1.54) is 17.4 Å². The smallest absolute Gasteiger partial charge is 0.268 e. The van der Waals surface area contributed by atoms with E-state index in [1.54, 1.807) is 36.5 Å². The standard InChI is InChI=1S/C25H16Cl3N3O2S/c1-14-5-6-15(10-21(14)27)9-18-13-30-25(34-18)31-24(32)16(12-29)11-17-7-8-22(33-17)19-3-2-4-20(26)23(19)28/h2-8,10-11,13H,9H2,1H3,(H,30,31,32). The molecule has 0 aliphatic carbocycles. The number of nitrogens with one attached hydrogen (secondary N) is 1. The average molecular weight is 529 g/mol. The number of carbonyl (C=O) groups is 1. The summed E-state index contributed by atoms with van der Waals surface area (Å²) in [7, 11) is 0. The lowest BCUT2D eigenvalue weighted by Gasteiger charge is -2.02. The summed E-state index contributed by atoms with van der Waals surface area (Å²) >= 11 is 19.8. The van der Waals surface area contributed by atoms with E-state index < -0.39 is 5.91 Å². The van der Waals surface area contributed by atoms with E-state index in [0.29, 0.717) is 43.7 Å². The molecule has 1 amide bonds. The second-order valence-electron chi connectivity index (χ2n) is 7.32. The van der Waals surface area contributed by atoms with Crippen LogP contribution in [0.5, 0.6) is 0 Å². The Balaban J connectivity index is 1.46. The summed E-state index contributed by atoms with van der Waals surface area (Å²) in [5, 5.41) is 14.0. The molecule has 0 bridgehead atoms. The van der Waals surface area contributed by atoms with E-state index in [4.69, 9.17) is 39.2 Å². The van der Waals surface area contributed by atoms with Gasteiger partial charge in [-0.05, 0) is 48.4 Å². The summed E-state index contributed by atoms with van der Waals surface area (Å²) in [4.78, 5) is 17.8. The van der Waals surface area contributed by atoms with Crippen molar-refractivity contribution in [2.24, 2.45) is 0 Å². The van der Waals surface area contributed by atoms with E-state index in [-0.39, 0.29) is 5.57 Å². The molecule has 0 aliphatic heterocycles. The lowest BCUT2D eigenvalue weighted by molar-refractivity contribution is -0.112. The van der Waals surface area contributed by atoms with Gasteiger partial charge in [0.15, 0.2) is 5.13 Å². The first-order valence-electron chi connectivity index (χ1n) is 10.0. The van der Waals surface area contributed by atoms with Crippen LogP contribution < -0.4 is 5.32 Å². The summed E-state index contributed by atoms with van der Waals surface area (Å²) in [6.45, 7) is 1.95. The Hall–Kier alpha value is -3.08. The van der Waals surface area contributed by atoms with Crippen molar-refractivity contribution in [3.63, 3.8) is 0 Å². The summed E-state index contributed by atoms with van der Waals surface area (Å²) in [5.41, 5.74) is 2.54. The number of carbonyl (C=O) groups excluding carboxylic acids is 1. The number of aryl methyl sites for hydroxylation is 1. The Morgan fingerprint density at radius 3 is 2.76 bits per heavy atom. The minimum Gasteiger partial charge on any atom is -0.457 e. The molecule has 2 aromatic heterocycles. The highest BCUT2D eigenvalue weighted by Crippen LogP contribution is 2.34. The zero-order chi connectivity index (χ0) is 24.2. The number of hydrogen-bond acceptors (Lipinski definition) is 5. The third-order valence-corrected chi connectivity index (χ3v) is 7.02. The maximum atomic E-state index is 12.6. The van der Waals surface area contributed by atoms with Gasteiger partial charge in [-0.25, -0.2) is 4.98 Å². The summed E-state index contributed by atoms with van der Waals surface area (Å²) < 4.78 is 5.75. The van der Waals surface area contributed by atoms with Crippen LogP contribution in [-0.2, 0) is 11.2 Å². The van der Waals surface area contributed by atoms with Gasteiger partial charge in [-0.2, -0.15) is 5.26 Å². The molecule has 4 aromatic rings. The molecule has 0 aliphatic rings. The number of rotatable bonds is 6. The Morgan fingerprint density at radius 2 is 2.00 bits per heavy atom. The summed E-state index contributed by atoms with van der Waals surface area (Å²) in [6.07, 6.45) is 3.69. The zero-order valence-corrected chi connectivity index (χ0v) is 20.8. The van der Waals surface area contributed by atoms with Gasteiger partial charge in [-0.15, -0.1) is 11.3 Å². The molecule has 9 heteroatoms. The van der Waals surface area contributed by atoms with Crippen LogP contribution >= 0.6 is 46.1 Å². The number of furan rings is 1. The van der Waals surface area contributed by atoms with Gasteiger partial charge in [0.1, 0.15) is 23.2 Å². The number of benzene rings is 2. The number of aromatic nitrogens is 1. The third kappa shape index (κ3) is 5.52. The van der Waals surface area contributed by atoms with Crippen molar-refractivity contribution in [2.75, 3.05) is 5.32 Å². The lowest BCUT2D eigenvalue weighted by Crippen LogP contribution is -2.13. The highest BCUT2D eigenvalue weighted by molar-refractivity contribution is 7.15. The van der Waals surface area contributed by atoms with Crippen molar-refractivity contribution < 1.29 is 9.21 Å². The molecule has 0 atom stereocenters. The van der Waals surface area contributed by atoms with Crippen molar-refractivity contribution >= 4 is 63.3 Å². The molecule has 0 spiro atoms. The molecule has 4 rings (SSSR count). The van der Waals surface area contributed by atoms with Crippen LogP contribution in [0, 0.1) is 18.3 Å². The monoisotopic (exact) mass is 527 g/mol. The molecule has 2 heterocycles. The van der Waals surface area contributed by atoms with Crippen LogP contribution in [-0.4, -0.2) is 10.9 Å². The maximum Gasteiger partial charge on any atom is 0.268 e. The quantitative estimate of drug-likeness (QED) is 0.204. The Morgan fingerprint density at radius 1 is 1.18 bits per heavy atom. The molecule has 170 valence electrons. The minimum atomic E-state index is -0.583. The topological polar surface area (TPSA) is 78.9 Å². The van der Waals surface area contributed by atoms with Gasteiger partial charge < -0.3 is 4.42 Å². The number of nitrogens with zero attached hydrogens (tertiary/aromatic N) is 2.